The lowest BCUT2D eigenvalue weighted by atomic mass is 10.2. The second kappa shape index (κ2) is 14.4. The number of furan rings is 1. The monoisotopic (exact) mass is 503 g/mol. The van der Waals surface area contributed by atoms with E-state index in [0.717, 1.165) is 18.7 Å². The highest BCUT2D eigenvalue weighted by Crippen LogP contribution is 2.13. The molecule has 36 heavy (non-hydrogen) atoms. The molecular weight excluding hydrogens is 469 g/mol. The van der Waals surface area contributed by atoms with Crippen molar-refractivity contribution in [1.29, 1.82) is 0 Å². The molecule has 0 N–H and O–H groups in total. The number of rotatable bonds is 13. The van der Waals surface area contributed by atoms with Crippen molar-refractivity contribution in [2.45, 2.75) is 32.9 Å². The van der Waals surface area contributed by atoms with Gasteiger partial charge in [-0.05, 0) is 36.8 Å². The first-order valence-electron chi connectivity index (χ1n) is 12.2. The fourth-order valence-electron chi connectivity index (χ4n) is 3.88. The fourth-order valence-corrected chi connectivity index (χ4v) is 3.88. The Hall–Kier alpha value is -3.24. The first kappa shape index (κ1) is 27.3. The van der Waals surface area contributed by atoms with E-state index < -0.39 is 5.97 Å². The number of halogens is 1. The summed E-state index contributed by atoms with van der Waals surface area (Å²) in [5, 5.41) is 0. The van der Waals surface area contributed by atoms with Gasteiger partial charge in [0.25, 0.3) is 0 Å². The molecule has 0 atom stereocenters. The minimum atomic E-state index is -0.443. The summed E-state index contributed by atoms with van der Waals surface area (Å²) in [5.41, 5.74) is 0.754. The Bertz CT molecular complexity index is 961. The lowest BCUT2D eigenvalue weighted by Gasteiger charge is -2.31. The SMILES string of the molecule is CCOC(=O)CCC(=O)N(CCN1CCOCC1)CC(=O)N(Cc1ccc(F)cc1)Cc1ccco1. The molecule has 0 radical (unpaired) electrons. The van der Waals surface area contributed by atoms with E-state index >= 15 is 0 Å². The van der Waals surface area contributed by atoms with Gasteiger partial charge in [-0.1, -0.05) is 12.1 Å². The lowest BCUT2D eigenvalue weighted by molar-refractivity contribution is -0.146. The number of hydrogen-bond acceptors (Lipinski definition) is 7. The number of hydrogen-bond donors (Lipinski definition) is 0. The van der Waals surface area contributed by atoms with E-state index in [9.17, 15) is 18.8 Å². The van der Waals surface area contributed by atoms with Crippen LogP contribution in [0.15, 0.2) is 47.1 Å². The number of esters is 1. The second-order valence-electron chi connectivity index (χ2n) is 8.53. The minimum Gasteiger partial charge on any atom is -0.467 e. The van der Waals surface area contributed by atoms with Crippen molar-refractivity contribution in [3.8, 4) is 0 Å². The molecule has 0 saturated carbocycles. The van der Waals surface area contributed by atoms with Gasteiger partial charge in [-0.25, -0.2) is 4.39 Å². The van der Waals surface area contributed by atoms with Crippen LogP contribution in [0.3, 0.4) is 0 Å². The molecule has 2 aromatic rings. The maximum atomic E-state index is 13.4. The van der Waals surface area contributed by atoms with Crippen LogP contribution in [-0.2, 0) is 36.9 Å². The Morgan fingerprint density at radius 2 is 1.75 bits per heavy atom. The predicted molar refractivity (Wildman–Crippen MR) is 129 cm³/mol. The molecule has 0 unspecified atom stereocenters. The maximum absolute atomic E-state index is 13.4. The summed E-state index contributed by atoms with van der Waals surface area (Å²) in [6.45, 7) is 5.96. The second-order valence-corrected chi connectivity index (χ2v) is 8.53. The molecule has 2 amide bonds. The normalized spacial score (nSPS) is 13.8. The molecule has 1 aromatic heterocycles. The van der Waals surface area contributed by atoms with Crippen LogP contribution in [0.5, 0.6) is 0 Å². The van der Waals surface area contributed by atoms with Crippen molar-refractivity contribution in [3.05, 3.63) is 59.8 Å². The number of amides is 2. The Kier molecular flexibility index (Phi) is 10.9. The maximum Gasteiger partial charge on any atom is 0.306 e. The zero-order chi connectivity index (χ0) is 25.8. The highest BCUT2D eigenvalue weighted by atomic mass is 19.1. The van der Waals surface area contributed by atoms with E-state index in [4.69, 9.17) is 13.9 Å². The van der Waals surface area contributed by atoms with Crippen LogP contribution in [0.4, 0.5) is 4.39 Å². The largest absolute Gasteiger partial charge is 0.467 e. The summed E-state index contributed by atoms with van der Waals surface area (Å²) in [4.78, 5) is 43.5. The van der Waals surface area contributed by atoms with Crippen molar-refractivity contribution < 1.29 is 32.7 Å². The van der Waals surface area contributed by atoms with Gasteiger partial charge in [0, 0.05) is 39.1 Å². The van der Waals surface area contributed by atoms with Crippen LogP contribution in [0, 0.1) is 5.82 Å². The van der Waals surface area contributed by atoms with Gasteiger partial charge < -0.3 is 23.7 Å². The molecule has 1 aliphatic rings. The van der Waals surface area contributed by atoms with Crippen LogP contribution < -0.4 is 0 Å². The van der Waals surface area contributed by atoms with Gasteiger partial charge in [-0.3, -0.25) is 19.3 Å². The molecular formula is C26H34FN3O6. The van der Waals surface area contributed by atoms with E-state index in [-0.39, 0.29) is 56.7 Å². The van der Waals surface area contributed by atoms with E-state index in [2.05, 4.69) is 4.90 Å². The number of benzene rings is 1. The number of carbonyl (C=O) groups is 3. The van der Waals surface area contributed by atoms with Crippen molar-refractivity contribution >= 4 is 17.8 Å². The average Bonchev–Trinajstić information content (AvgIpc) is 3.40. The summed E-state index contributed by atoms with van der Waals surface area (Å²) in [7, 11) is 0. The van der Waals surface area contributed by atoms with E-state index in [1.165, 1.54) is 23.3 Å². The van der Waals surface area contributed by atoms with Gasteiger partial charge in [-0.2, -0.15) is 0 Å². The van der Waals surface area contributed by atoms with Gasteiger partial charge in [0.05, 0.1) is 45.6 Å². The Morgan fingerprint density at radius 1 is 1.00 bits per heavy atom. The number of ether oxygens (including phenoxy) is 2. The van der Waals surface area contributed by atoms with Crippen molar-refractivity contribution in [1.82, 2.24) is 14.7 Å². The Morgan fingerprint density at radius 3 is 2.42 bits per heavy atom. The zero-order valence-electron chi connectivity index (χ0n) is 20.7. The summed E-state index contributed by atoms with van der Waals surface area (Å²) in [6, 6.07) is 9.45. The lowest BCUT2D eigenvalue weighted by Crippen LogP contribution is -2.47. The van der Waals surface area contributed by atoms with Gasteiger partial charge >= 0.3 is 5.97 Å². The third-order valence-corrected chi connectivity index (χ3v) is 5.88. The number of morpholine rings is 1. The van der Waals surface area contributed by atoms with Crippen LogP contribution in [-0.4, -0.2) is 85.0 Å². The Labute approximate surface area is 210 Å². The first-order chi connectivity index (χ1) is 17.4. The zero-order valence-corrected chi connectivity index (χ0v) is 20.7. The molecule has 1 fully saturated rings. The van der Waals surface area contributed by atoms with Crippen LogP contribution in [0.1, 0.15) is 31.1 Å². The molecule has 0 spiro atoms. The van der Waals surface area contributed by atoms with Crippen molar-refractivity contribution in [3.63, 3.8) is 0 Å². The van der Waals surface area contributed by atoms with Gasteiger partial charge in [-0.15, -0.1) is 0 Å². The number of carbonyl (C=O) groups excluding carboxylic acids is 3. The smallest absolute Gasteiger partial charge is 0.306 e. The molecule has 10 heteroatoms. The minimum absolute atomic E-state index is 0.0363. The molecule has 196 valence electrons. The highest BCUT2D eigenvalue weighted by molar-refractivity contribution is 5.86. The summed E-state index contributed by atoms with van der Waals surface area (Å²) in [5.74, 6) is -0.768. The van der Waals surface area contributed by atoms with Gasteiger partial charge in [0.2, 0.25) is 11.8 Å². The highest BCUT2D eigenvalue weighted by Gasteiger charge is 2.24. The third kappa shape index (κ3) is 9.09. The van der Waals surface area contributed by atoms with E-state index in [0.29, 0.717) is 32.1 Å². The first-order valence-corrected chi connectivity index (χ1v) is 12.2. The fraction of sp³-hybridized carbons (Fsp3) is 0.500. The molecule has 1 aliphatic heterocycles. The van der Waals surface area contributed by atoms with Crippen LogP contribution in [0.25, 0.3) is 0 Å². The summed E-state index contributed by atoms with van der Waals surface area (Å²) >= 11 is 0. The standard InChI is InChI=1S/C26H34FN3O6/c1-2-35-26(33)10-9-24(31)29(12-11-28-13-16-34-17-14-28)20-25(32)30(19-23-4-3-15-36-23)18-21-5-7-22(27)8-6-21/h3-8,15H,2,9-14,16-20H2,1H3. The molecule has 0 bridgehead atoms. The third-order valence-electron chi connectivity index (χ3n) is 5.88. The summed E-state index contributed by atoms with van der Waals surface area (Å²) < 4.78 is 29.1. The molecule has 1 saturated heterocycles. The van der Waals surface area contributed by atoms with Gasteiger partial charge in [0.1, 0.15) is 11.6 Å². The van der Waals surface area contributed by atoms with Crippen molar-refractivity contribution in [2.75, 3.05) is 52.5 Å². The van der Waals surface area contributed by atoms with Gasteiger partial charge in [0.15, 0.2) is 0 Å². The molecule has 3 rings (SSSR count). The average molecular weight is 504 g/mol. The van der Waals surface area contributed by atoms with E-state index in [1.54, 1.807) is 36.1 Å². The van der Waals surface area contributed by atoms with E-state index in [1.807, 2.05) is 0 Å². The number of nitrogens with zero attached hydrogens (tertiary/aromatic N) is 3. The molecule has 9 nitrogen and oxygen atoms in total. The van der Waals surface area contributed by atoms with Crippen LogP contribution >= 0.6 is 0 Å². The van der Waals surface area contributed by atoms with Crippen molar-refractivity contribution in [2.24, 2.45) is 0 Å². The molecule has 1 aromatic carbocycles. The predicted octanol–water partition coefficient (Wildman–Crippen LogP) is 2.45. The topological polar surface area (TPSA) is 92.5 Å². The summed E-state index contributed by atoms with van der Waals surface area (Å²) in [6.07, 6.45) is 1.45. The molecule has 2 heterocycles. The Balaban J connectivity index is 1.69. The quantitative estimate of drug-likeness (QED) is 0.388. The molecule has 0 aliphatic carbocycles. The van der Waals surface area contributed by atoms with Crippen LogP contribution in [0.2, 0.25) is 0 Å².